The number of nitrogens with zero attached hydrogens (tertiary/aromatic N) is 1. The molecule has 1 saturated heterocycles. The highest BCUT2D eigenvalue weighted by atomic mass is 32.1. The number of methoxy groups -OCH3 is 1. The van der Waals surface area contributed by atoms with Crippen LogP contribution in [-0.2, 0) is 4.79 Å². The fraction of sp³-hybridized carbons (Fsp3) is 0.375. The Morgan fingerprint density at radius 1 is 1.33 bits per heavy atom. The van der Waals surface area contributed by atoms with Crippen molar-refractivity contribution in [3.05, 3.63) is 29.5 Å². The fourth-order valence-corrected chi connectivity index (χ4v) is 2.50. The van der Waals surface area contributed by atoms with Gasteiger partial charge in [-0.15, -0.1) is 0 Å². The van der Waals surface area contributed by atoms with Crippen molar-refractivity contribution in [2.75, 3.05) is 13.7 Å². The molecule has 1 aromatic rings. The lowest BCUT2D eigenvalue weighted by molar-refractivity contribution is -0.122. The number of carbonyl (C=O) groups is 1. The first-order valence-corrected chi connectivity index (χ1v) is 7.70. The highest BCUT2D eigenvalue weighted by Crippen LogP contribution is 2.30. The molecule has 0 radical (unpaired) electrons. The van der Waals surface area contributed by atoms with Crippen LogP contribution in [-0.4, -0.2) is 36.2 Å². The van der Waals surface area contributed by atoms with E-state index < -0.39 is 6.61 Å². The molecule has 0 bridgehead atoms. The Bertz CT molecular complexity index is 677. The maximum atomic E-state index is 12.4. The molecule has 130 valence electrons. The maximum Gasteiger partial charge on any atom is 0.387 e. The van der Waals surface area contributed by atoms with Gasteiger partial charge >= 0.3 is 6.61 Å². The van der Waals surface area contributed by atoms with Gasteiger partial charge in [0.15, 0.2) is 16.6 Å². The Hall–Kier alpha value is -2.22. The van der Waals surface area contributed by atoms with Crippen LogP contribution in [0.1, 0.15) is 19.4 Å². The summed E-state index contributed by atoms with van der Waals surface area (Å²) in [6, 6.07) is 4.42. The topological polar surface area (TPSA) is 50.8 Å². The van der Waals surface area contributed by atoms with E-state index in [2.05, 4.69) is 10.1 Å². The van der Waals surface area contributed by atoms with Crippen LogP contribution in [0.25, 0.3) is 6.08 Å². The molecule has 2 rings (SSSR count). The predicted octanol–water partition coefficient (Wildman–Crippen LogP) is 3.01. The summed E-state index contributed by atoms with van der Waals surface area (Å²) in [6.45, 7) is 1.56. The molecule has 24 heavy (non-hydrogen) atoms. The van der Waals surface area contributed by atoms with Crippen molar-refractivity contribution in [3.63, 3.8) is 0 Å². The van der Waals surface area contributed by atoms with Crippen LogP contribution in [0.3, 0.4) is 0 Å². The number of hydrogen-bond acceptors (Lipinski definition) is 4. The molecule has 0 aliphatic carbocycles. The third-order valence-corrected chi connectivity index (χ3v) is 3.55. The van der Waals surface area contributed by atoms with E-state index in [9.17, 15) is 13.6 Å². The molecule has 1 fully saturated rings. The van der Waals surface area contributed by atoms with Crippen molar-refractivity contribution in [1.82, 2.24) is 10.2 Å². The van der Waals surface area contributed by atoms with Gasteiger partial charge < -0.3 is 14.8 Å². The Kier molecular flexibility index (Phi) is 5.71. The number of nitrogens with one attached hydrogen (secondary N) is 1. The van der Waals surface area contributed by atoms with E-state index in [1.807, 2.05) is 13.8 Å². The molecule has 0 aromatic heterocycles. The minimum absolute atomic E-state index is 0.0719. The van der Waals surface area contributed by atoms with Gasteiger partial charge in [0.05, 0.1) is 7.11 Å². The molecule has 1 aliphatic heterocycles. The Balaban J connectivity index is 2.25. The molecule has 0 spiro atoms. The number of halogens is 2. The van der Waals surface area contributed by atoms with E-state index in [1.54, 1.807) is 12.1 Å². The third kappa shape index (κ3) is 4.19. The van der Waals surface area contributed by atoms with Crippen LogP contribution in [0.15, 0.2) is 23.9 Å². The van der Waals surface area contributed by atoms with Crippen LogP contribution in [0.4, 0.5) is 8.78 Å². The SMILES string of the molecule is COc1cc(/C=C2/NC(=S)N(CC(C)C)C2=O)ccc1OC(F)F. The zero-order chi connectivity index (χ0) is 17.9. The summed E-state index contributed by atoms with van der Waals surface area (Å²) in [7, 11) is 1.35. The maximum absolute atomic E-state index is 12.4. The largest absolute Gasteiger partial charge is 0.493 e. The van der Waals surface area contributed by atoms with Gasteiger partial charge in [0.25, 0.3) is 5.91 Å². The quantitative estimate of drug-likeness (QED) is 0.627. The van der Waals surface area contributed by atoms with Gasteiger partial charge in [0.2, 0.25) is 0 Å². The van der Waals surface area contributed by atoms with Crippen LogP contribution in [0, 0.1) is 5.92 Å². The average molecular weight is 356 g/mol. The van der Waals surface area contributed by atoms with Crippen LogP contribution in [0.5, 0.6) is 11.5 Å². The summed E-state index contributed by atoms with van der Waals surface area (Å²) >= 11 is 5.17. The number of thiocarbonyl (C=S) groups is 1. The van der Waals surface area contributed by atoms with Crippen LogP contribution in [0.2, 0.25) is 0 Å². The fourth-order valence-electron chi connectivity index (χ4n) is 2.24. The summed E-state index contributed by atoms with van der Waals surface area (Å²) in [6.07, 6.45) is 1.59. The predicted molar refractivity (Wildman–Crippen MR) is 89.9 cm³/mol. The zero-order valence-corrected chi connectivity index (χ0v) is 14.3. The van der Waals surface area contributed by atoms with E-state index in [0.29, 0.717) is 22.9 Å². The number of amides is 1. The molecule has 1 N–H and O–H groups in total. The first-order valence-electron chi connectivity index (χ1n) is 7.29. The highest BCUT2D eigenvalue weighted by molar-refractivity contribution is 7.80. The first kappa shape index (κ1) is 18.1. The molecule has 1 aliphatic rings. The van der Waals surface area contributed by atoms with E-state index in [4.69, 9.17) is 17.0 Å². The summed E-state index contributed by atoms with van der Waals surface area (Å²) in [5, 5.41) is 3.22. The van der Waals surface area contributed by atoms with Crippen molar-refractivity contribution < 1.29 is 23.0 Å². The Morgan fingerprint density at radius 3 is 2.62 bits per heavy atom. The first-order chi connectivity index (χ1) is 11.3. The smallest absolute Gasteiger partial charge is 0.387 e. The summed E-state index contributed by atoms with van der Waals surface area (Å²) < 4.78 is 34.1. The molecule has 1 amide bonds. The summed E-state index contributed by atoms with van der Waals surface area (Å²) in [5.74, 6) is 0.133. The van der Waals surface area contributed by atoms with Gasteiger partial charge in [-0.1, -0.05) is 19.9 Å². The number of rotatable bonds is 6. The number of hydrogen-bond donors (Lipinski definition) is 1. The van der Waals surface area contributed by atoms with Crippen molar-refractivity contribution in [2.24, 2.45) is 5.92 Å². The van der Waals surface area contributed by atoms with Crippen molar-refractivity contribution >= 4 is 29.3 Å². The van der Waals surface area contributed by atoms with Gasteiger partial charge in [-0.05, 0) is 41.9 Å². The normalized spacial score (nSPS) is 16.3. The minimum atomic E-state index is -2.94. The molecular weight excluding hydrogens is 338 g/mol. The van der Waals surface area contributed by atoms with Crippen molar-refractivity contribution in [3.8, 4) is 11.5 Å². The standard InChI is InChI=1S/C16H18F2N2O3S/c1-9(2)8-20-14(21)11(19-16(20)24)6-10-4-5-12(23-15(17)18)13(7-10)22-3/h4-7,9,15H,8H2,1-3H3,(H,19,24)/b11-6+. The Morgan fingerprint density at radius 2 is 2.04 bits per heavy atom. The molecule has 1 aromatic carbocycles. The zero-order valence-electron chi connectivity index (χ0n) is 13.5. The van der Waals surface area contributed by atoms with Crippen LogP contribution < -0.4 is 14.8 Å². The lowest BCUT2D eigenvalue weighted by atomic mass is 10.1. The van der Waals surface area contributed by atoms with E-state index in [0.717, 1.165) is 0 Å². The second-order valence-corrected chi connectivity index (χ2v) is 5.97. The minimum Gasteiger partial charge on any atom is -0.493 e. The second-order valence-electron chi connectivity index (χ2n) is 5.59. The third-order valence-electron chi connectivity index (χ3n) is 3.22. The molecule has 0 atom stereocenters. The molecule has 0 unspecified atom stereocenters. The average Bonchev–Trinajstić information content (AvgIpc) is 2.75. The second kappa shape index (κ2) is 7.57. The van der Waals surface area contributed by atoms with Gasteiger partial charge in [-0.2, -0.15) is 8.78 Å². The molecule has 1 heterocycles. The number of ether oxygens (including phenoxy) is 2. The van der Waals surface area contributed by atoms with Gasteiger partial charge in [0, 0.05) is 6.54 Å². The van der Waals surface area contributed by atoms with E-state index in [1.165, 1.54) is 24.1 Å². The van der Waals surface area contributed by atoms with Gasteiger partial charge in [-0.3, -0.25) is 9.69 Å². The van der Waals surface area contributed by atoms with E-state index in [-0.39, 0.29) is 23.3 Å². The molecular formula is C16H18F2N2O3S. The summed E-state index contributed by atoms with van der Waals surface area (Å²) in [5.41, 5.74) is 0.920. The summed E-state index contributed by atoms with van der Waals surface area (Å²) in [4.78, 5) is 13.9. The number of benzene rings is 1. The molecule has 0 saturated carbocycles. The van der Waals surface area contributed by atoms with E-state index >= 15 is 0 Å². The lowest BCUT2D eigenvalue weighted by Crippen LogP contribution is -2.33. The van der Waals surface area contributed by atoms with Crippen LogP contribution >= 0.6 is 12.2 Å². The number of alkyl halides is 2. The van der Waals surface area contributed by atoms with Crippen molar-refractivity contribution in [1.29, 1.82) is 0 Å². The molecule has 8 heteroatoms. The highest BCUT2D eigenvalue weighted by Gasteiger charge is 2.30. The monoisotopic (exact) mass is 356 g/mol. The number of carbonyl (C=O) groups excluding carboxylic acids is 1. The lowest BCUT2D eigenvalue weighted by Gasteiger charge is -2.16. The Labute approximate surface area is 144 Å². The molecule has 5 nitrogen and oxygen atoms in total. The van der Waals surface area contributed by atoms with Gasteiger partial charge in [0.1, 0.15) is 5.70 Å². The van der Waals surface area contributed by atoms with Gasteiger partial charge in [-0.25, -0.2) is 0 Å². The van der Waals surface area contributed by atoms with Crippen molar-refractivity contribution in [2.45, 2.75) is 20.5 Å².